The van der Waals surface area contributed by atoms with E-state index in [-0.39, 0.29) is 0 Å². The Bertz CT molecular complexity index is 898. The molecule has 2 aliphatic rings. The van der Waals surface area contributed by atoms with Crippen LogP contribution in [0, 0.1) is 40.9 Å². The van der Waals surface area contributed by atoms with E-state index in [4.69, 9.17) is 0 Å². The Labute approximate surface area is 252 Å². The van der Waals surface area contributed by atoms with Gasteiger partial charge in [0.2, 0.25) is 0 Å². The minimum atomic E-state index is 0.300. The van der Waals surface area contributed by atoms with E-state index in [1.807, 2.05) is 0 Å². The van der Waals surface area contributed by atoms with Crippen LogP contribution < -0.4 is 0 Å². The highest BCUT2D eigenvalue weighted by atomic mass is 14.3. The SMILES string of the molecule is CC1=C(/C=C/C(C)CCCC(C)/C=C/CCC(C)CCCC(C)/C=C/C2=C(C)CCCC2(C)C)C(C)(C)C[CH-]C1. The Kier molecular flexibility index (Phi) is 14.8. The van der Waals surface area contributed by atoms with Crippen LogP contribution in [0.2, 0.25) is 0 Å². The van der Waals surface area contributed by atoms with Gasteiger partial charge in [-0.05, 0) is 111 Å². The molecular formula is C40H67-. The second-order valence-electron chi connectivity index (χ2n) is 15.3. The zero-order chi connectivity index (χ0) is 29.8. The molecule has 0 amide bonds. The molecule has 0 heterocycles. The fourth-order valence-corrected chi connectivity index (χ4v) is 7.04. The predicted molar refractivity (Wildman–Crippen MR) is 181 cm³/mol. The van der Waals surface area contributed by atoms with Gasteiger partial charge in [-0.15, -0.1) is 0 Å². The fourth-order valence-electron chi connectivity index (χ4n) is 7.04. The topological polar surface area (TPSA) is 0 Å². The molecule has 0 nitrogen and oxygen atoms in total. The van der Waals surface area contributed by atoms with Crippen molar-refractivity contribution < 1.29 is 0 Å². The normalized spacial score (nSPS) is 22.9. The first-order chi connectivity index (χ1) is 18.8. The lowest BCUT2D eigenvalue weighted by molar-refractivity contribution is 0.376. The quantitative estimate of drug-likeness (QED) is 0.133. The average Bonchev–Trinajstić information content (AvgIpc) is 2.85. The van der Waals surface area contributed by atoms with Crippen LogP contribution in [0.3, 0.4) is 0 Å². The molecule has 0 aliphatic heterocycles. The summed E-state index contributed by atoms with van der Waals surface area (Å²) in [4.78, 5) is 0. The molecule has 0 saturated heterocycles. The molecule has 2 aliphatic carbocycles. The van der Waals surface area contributed by atoms with Gasteiger partial charge in [0, 0.05) is 0 Å². The summed E-state index contributed by atoms with van der Waals surface area (Å²) in [6, 6.07) is 0. The van der Waals surface area contributed by atoms with Gasteiger partial charge in [0.15, 0.2) is 0 Å². The van der Waals surface area contributed by atoms with E-state index < -0.39 is 0 Å². The molecule has 0 radical (unpaired) electrons. The van der Waals surface area contributed by atoms with Gasteiger partial charge in [-0.2, -0.15) is 12.8 Å². The fraction of sp³-hybridized carbons (Fsp3) is 0.725. The lowest BCUT2D eigenvalue weighted by Crippen LogP contribution is -2.19. The molecule has 0 spiro atoms. The molecule has 0 aromatic rings. The van der Waals surface area contributed by atoms with E-state index in [0.717, 1.165) is 12.3 Å². The van der Waals surface area contributed by atoms with Crippen LogP contribution in [-0.2, 0) is 0 Å². The van der Waals surface area contributed by atoms with E-state index >= 15 is 0 Å². The zero-order valence-electron chi connectivity index (χ0n) is 28.5. The predicted octanol–water partition coefficient (Wildman–Crippen LogP) is 13.2. The third-order valence-electron chi connectivity index (χ3n) is 9.99. The maximum absolute atomic E-state index is 2.49. The van der Waals surface area contributed by atoms with Crippen molar-refractivity contribution in [2.24, 2.45) is 34.5 Å². The average molecular weight is 548 g/mol. The lowest BCUT2D eigenvalue weighted by atomic mass is 9.72. The summed E-state index contributed by atoms with van der Waals surface area (Å²) < 4.78 is 0. The first-order valence-electron chi connectivity index (χ1n) is 17.1. The molecule has 0 aromatic heterocycles. The molecule has 0 heteroatoms. The molecule has 40 heavy (non-hydrogen) atoms. The highest BCUT2D eigenvalue weighted by molar-refractivity contribution is 5.35. The van der Waals surface area contributed by atoms with Crippen molar-refractivity contribution in [2.45, 2.75) is 153 Å². The molecule has 2 rings (SSSR count). The van der Waals surface area contributed by atoms with Crippen molar-refractivity contribution in [1.82, 2.24) is 0 Å². The van der Waals surface area contributed by atoms with E-state index in [1.54, 1.807) is 22.3 Å². The van der Waals surface area contributed by atoms with Crippen LogP contribution in [0.4, 0.5) is 0 Å². The molecule has 0 fully saturated rings. The van der Waals surface area contributed by atoms with Gasteiger partial charge in [0.1, 0.15) is 0 Å². The van der Waals surface area contributed by atoms with Gasteiger partial charge in [0.05, 0.1) is 0 Å². The van der Waals surface area contributed by atoms with Gasteiger partial charge in [-0.3, -0.25) is 0 Å². The summed E-state index contributed by atoms with van der Waals surface area (Å²) in [6.45, 7) is 23.9. The minimum absolute atomic E-state index is 0.300. The summed E-state index contributed by atoms with van der Waals surface area (Å²) in [5.74, 6) is 2.88. The van der Waals surface area contributed by atoms with E-state index in [2.05, 4.69) is 112 Å². The standard InChI is InChI=1S/C40H67/c1-31(19-13-21-33(3)25-27-37-35(5)23-15-29-39(37,7)8)17-11-12-18-32(2)20-14-22-34(4)26-28-38-36(6)24-16-30-40(38,9)10/h11,15,17,25-28,31-34H,12-14,16,18-24,29-30H2,1-10H3/q-1/b17-11+,27-25+,28-26+. The number of rotatable bonds is 16. The van der Waals surface area contributed by atoms with Crippen molar-refractivity contribution in [3.63, 3.8) is 0 Å². The summed E-state index contributed by atoms with van der Waals surface area (Å²) in [6.07, 6.45) is 34.2. The van der Waals surface area contributed by atoms with Gasteiger partial charge in [-0.25, -0.2) is 0 Å². The van der Waals surface area contributed by atoms with Crippen LogP contribution >= 0.6 is 0 Å². The van der Waals surface area contributed by atoms with Crippen molar-refractivity contribution >= 4 is 0 Å². The van der Waals surface area contributed by atoms with Gasteiger partial charge in [0.25, 0.3) is 0 Å². The van der Waals surface area contributed by atoms with Gasteiger partial charge in [-0.1, -0.05) is 122 Å². The highest BCUT2D eigenvalue weighted by Gasteiger charge is 2.26. The smallest absolute Gasteiger partial charge is 0.0104 e. The third-order valence-corrected chi connectivity index (χ3v) is 9.99. The summed E-state index contributed by atoms with van der Waals surface area (Å²) in [7, 11) is 0. The lowest BCUT2D eigenvalue weighted by Gasteiger charge is -2.39. The van der Waals surface area contributed by atoms with Crippen LogP contribution in [0.25, 0.3) is 0 Å². The van der Waals surface area contributed by atoms with Crippen molar-refractivity contribution in [2.75, 3.05) is 0 Å². The number of hydrogen-bond donors (Lipinski definition) is 0. The maximum atomic E-state index is 2.49. The van der Waals surface area contributed by atoms with Crippen LogP contribution in [0.15, 0.2) is 58.7 Å². The van der Waals surface area contributed by atoms with Crippen LogP contribution in [0.1, 0.15) is 153 Å². The zero-order valence-corrected chi connectivity index (χ0v) is 28.5. The van der Waals surface area contributed by atoms with Crippen LogP contribution in [-0.4, -0.2) is 0 Å². The Morgan fingerprint density at radius 2 is 1.25 bits per heavy atom. The molecule has 4 atom stereocenters. The van der Waals surface area contributed by atoms with E-state index in [0.29, 0.717) is 28.6 Å². The molecule has 228 valence electrons. The van der Waals surface area contributed by atoms with Crippen molar-refractivity contribution in [3.8, 4) is 0 Å². The molecule has 4 unspecified atom stereocenters. The Hall–Kier alpha value is -1.30. The van der Waals surface area contributed by atoms with E-state index in [1.165, 1.54) is 77.0 Å². The Morgan fingerprint density at radius 1 is 0.700 bits per heavy atom. The summed E-state index contributed by atoms with van der Waals surface area (Å²) in [5.41, 5.74) is 7.01. The van der Waals surface area contributed by atoms with Crippen LogP contribution in [0.5, 0.6) is 0 Å². The monoisotopic (exact) mass is 548 g/mol. The third kappa shape index (κ3) is 12.3. The van der Waals surface area contributed by atoms with Crippen molar-refractivity contribution in [1.29, 1.82) is 0 Å². The Balaban J connectivity index is 1.59. The molecular weight excluding hydrogens is 480 g/mol. The molecule has 0 saturated carbocycles. The summed E-state index contributed by atoms with van der Waals surface area (Å²) in [5, 5.41) is 0. The first-order valence-corrected chi connectivity index (χ1v) is 17.1. The molecule has 0 N–H and O–H groups in total. The summed E-state index contributed by atoms with van der Waals surface area (Å²) >= 11 is 0. The number of hydrogen-bond acceptors (Lipinski definition) is 0. The maximum Gasteiger partial charge on any atom is -0.0104 e. The largest absolute Gasteiger partial charge is 0.324 e. The second kappa shape index (κ2) is 17.0. The molecule has 0 bridgehead atoms. The molecule has 0 aromatic carbocycles. The minimum Gasteiger partial charge on any atom is -0.324 e. The van der Waals surface area contributed by atoms with E-state index in [9.17, 15) is 0 Å². The van der Waals surface area contributed by atoms with Gasteiger partial charge >= 0.3 is 0 Å². The highest BCUT2D eigenvalue weighted by Crippen LogP contribution is 2.41. The van der Waals surface area contributed by atoms with Gasteiger partial charge < -0.3 is 6.42 Å². The second-order valence-corrected chi connectivity index (χ2v) is 15.3. The Morgan fingerprint density at radius 3 is 1.82 bits per heavy atom. The number of allylic oxidation sites excluding steroid dienone is 10. The van der Waals surface area contributed by atoms with Crippen molar-refractivity contribution in [3.05, 3.63) is 65.2 Å². The first kappa shape index (κ1) is 34.9.